The molecule has 6 nitrogen and oxygen atoms in total. The number of hydrogen-bond acceptors (Lipinski definition) is 7. The highest BCUT2D eigenvalue weighted by Crippen LogP contribution is 2.25. The highest BCUT2D eigenvalue weighted by molar-refractivity contribution is 8.00. The third kappa shape index (κ3) is 4.81. The first-order valence-corrected chi connectivity index (χ1v) is 9.76. The summed E-state index contributed by atoms with van der Waals surface area (Å²) in [5.74, 6) is 3.13. The highest BCUT2D eigenvalue weighted by atomic mass is 32.2. The Morgan fingerprint density at radius 1 is 1.24 bits per heavy atom. The molecule has 0 aliphatic carbocycles. The Hall–Kier alpha value is -1.90. The van der Waals surface area contributed by atoms with Crippen LogP contribution < -0.4 is 4.74 Å². The maximum absolute atomic E-state index is 9.27. The number of nitrogens with zero attached hydrogens (tertiary/aromatic N) is 4. The van der Waals surface area contributed by atoms with Gasteiger partial charge in [-0.05, 0) is 24.6 Å². The molecule has 132 valence electrons. The molecule has 0 unspecified atom stereocenters. The van der Waals surface area contributed by atoms with Crippen molar-refractivity contribution in [1.82, 2.24) is 19.7 Å². The zero-order valence-electron chi connectivity index (χ0n) is 14.2. The molecule has 0 saturated heterocycles. The molecule has 0 fully saturated rings. The second kappa shape index (κ2) is 8.46. The largest absolute Gasteiger partial charge is 0.497 e. The highest BCUT2D eigenvalue weighted by Gasteiger charge is 2.12. The van der Waals surface area contributed by atoms with E-state index in [1.807, 2.05) is 36.6 Å². The molecule has 3 aromatic rings. The summed E-state index contributed by atoms with van der Waals surface area (Å²) in [5.41, 5.74) is 2.15. The summed E-state index contributed by atoms with van der Waals surface area (Å²) in [4.78, 5) is 9.11. The molecule has 2 aromatic heterocycles. The number of methoxy groups -OCH3 is 1. The van der Waals surface area contributed by atoms with Crippen LogP contribution in [0.15, 0.2) is 34.0 Å². The molecule has 0 aliphatic heterocycles. The molecule has 0 spiro atoms. The SMILES string of the molecule is COc1ccc(Cc2nc(CSc3nc(C)cs3)n(CCO)n2)cc1. The number of benzene rings is 1. The number of aliphatic hydroxyl groups excluding tert-OH is 1. The van der Waals surface area contributed by atoms with Crippen molar-refractivity contribution < 1.29 is 9.84 Å². The van der Waals surface area contributed by atoms with Gasteiger partial charge in [-0.25, -0.2) is 14.6 Å². The van der Waals surface area contributed by atoms with Crippen molar-refractivity contribution in [3.63, 3.8) is 0 Å². The van der Waals surface area contributed by atoms with Gasteiger partial charge in [0, 0.05) is 17.5 Å². The molecular weight excluding hydrogens is 356 g/mol. The first kappa shape index (κ1) is 17.9. The fourth-order valence-electron chi connectivity index (χ4n) is 2.33. The fourth-order valence-corrected chi connectivity index (χ4v) is 4.12. The van der Waals surface area contributed by atoms with Crippen LogP contribution in [0.25, 0.3) is 0 Å². The summed E-state index contributed by atoms with van der Waals surface area (Å²) in [6, 6.07) is 7.89. The van der Waals surface area contributed by atoms with E-state index < -0.39 is 0 Å². The molecule has 0 radical (unpaired) electrons. The number of aryl methyl sites for hydroxylation is 1. The number of thioether (sulfide) groups is 1. The number of aliphatic hydroxyl groups is 1. The molecule has 3 rings (SSSR count). The van der Waals surface area contributed by atoms with Crippen LogP contribution in [0.2, 0.25) is 0 Å². The maximum atomic E-state index is 9.27. The van der Waals surface area contributed by atoms with E-state index in [-0.39, 0.29) is 6.61 Å². The Morgan fingerprint density at radius 2 is 2.04 bits per heavy atom. The normalized spacial score (nSPS) is 11.0. The summed E-state index contributed by atoms with van der Waals surface area (Å²) in [6.45, 7) is 2.48. The van der Waals surface area contributed by atoms with Crippen LogP contribution >= 0.6 is 23.1 Å². The van der Waals surface area contributed by atoms with Crippen molar-refractivity contribution in [2.75, 3.05) is 13.7 Å². The molecule has 25 heavy (non-hydrogen) atoms. The van der Waals surface area contributed by atoms with E-state index in [1.54, 1.807) is 34.9 Å². The van der Waals surface area contributed by atoms with Gasteiger partial charge in [-0.3, -0.25) is 0 Å². The standard InChI is InChI=1S/C17H20N4O2S2/c1-12-10-24-17(18-12)25-11-16-19-15(20-21(16)7-8-22)9-13-3-5-14(23-2)6-4-13/h3-6,10,22H,7-9,11H2,1-2H3. The van der Waals surface area contributed by atoms with Crippen LogP contribution in [-0.4, -0.2) is 38.6 Å². The monoisotopic (exact) mass is 376 g/mol. The predicted octanol–water partition coefficient (Wildman–Crippen LogP) is 2.93. The van der Waals surface area contributed by atoms with Gasteiger partial charge < -0.3 is 9.84 Å². The average molecular weight is 377 g/mol. The molecule has 1 N–H and O–H groups in total. The molecule has 0 atom stereocenters. The molecule has 8 heteroatoms. The molecule has 0 saturated carbocycles. The summed E-state index contributed by atoms with van der Waals surface area (Å²) < 4.78 is 7.98. The molecule has 1 aromatic carbocycles. The molecular formula is C17H20N4O2S2. The van der Waals surface area contributed by atoms with Gasteiger partial charge in [0.05, 0.1) is 26.0 Å². The van der Waals surface area contributed by atoms with Crippen LogP contribution in [0.4, 0.5) is 0 Å². The van der Waals surface area contributed by atoms with E-state index in [4.69, 9.17) is 4.74 Å². The lowest BCUT2D eigenvalue weighted by atomic mass is 10.1. The van der Waals surface area contributed by atoms with Crippen LogP contribution in [0.3, 0.4) is 0 Å². The van der Waals surface area contributed by atoms with Crippen molar-refractivity contribution in [1.29, 1.82) is 0 Å². The topological polar surface area (TPSA) is 73.1 Å². The quantitative estimate of drug-likeness (QED) is 0.610. The van der Waals surface area contributed by atoms with Gasteiger partial charge >= 0.3 is 0 Å². The minimum atomic E-state index is 0.0410. The van der Waals surface area contributed by atoms with E-state index in [0.717, 1.165) is 33.0 Å². The van der Waals surface area contributed by atoms with Gasteiger partial charge in [-0.1, -0.05) is 23.9 Å². The first-order chi connectivity index (χ1) is 12.2. The smallest absolute Gasteiger partial charge is 0.155 e. The summed E-state index contributed by atoms with van der Waals surface area (Å²) in [7, 11) is 1.65. The van der Waals surface area contributed by atoms with Crippen LogP contribution in [0.5, 0.6) is 5.75 Å². The Balaban J connectivity index is 1.71. The first-order valence-electron chi connectivity index (χ1n) is 7.89. The Kier molecular flexibility index (Phi) is 6.06. The van der Waals surface area contributed by atoms with Gasteiger partial charge in [-0.15, -0.1) is 11.3 Å². The van der Waals surface area contributed by atoms with Gasteiger partial charge in [-0.2, -0.15) is 5.10 Å². The van der Waals surface area contributed by atoms with Crippen molar-refractivity contribution in [2.45, 2.75) is 30.0 Å². The zero-order chi connectivity index (χ0) is 17.6. The van der Waals surface area contributed by atoms with Gasteiger partial charge in [0.15, 0.2) is 10.2 Å². The third-order valence-corrected chi connectivity index (χ3v) is 5.68. The van der Waals surface area contributed by atoms with Crippen molar-refractivity contribution in [3.8, 4) is 5.75 Å². The zero-order valence-corrected chi connectivity index (χ0v) is 15.8. The lowest BCUT2D eigenvalue weighted by Gasteiger charge is -2.02. The van der Waals surface area contributed by atoms with Crippen molar-refractivity contribution >= 4 is 23.1 Å². The fraction of sp³-hybridized carbons (Fsp3) is 0.353. The maximum Gasteiger partial charge on any atom is 0.155 e. The summed E-state index contributed by atoms with van der Waals surface area (Å²) >= 11 is 3.28. The van der Waals surface area contributed by atoms with Crippen LogP contribution in [-0.2, 0) is 18.7 Å². The number of thiazole rings is 1. The second-order valence-electron chi connectivity index (χ2n) is 5.46. The Labute approximate surface area is 154 Å². The predicted molar refractivity (Wildman–Crippen MR) is 99.3 cm³/mol. The van der Waals surface area contributed by atoms with E-state index in [9.17, 15) is 5.11 Å². The number of rotatable bonds is 8. The number of hydrogen-bond donors (Lipinski definition) is 1. The Bertz CT molecular complexity index is 814. The summed E-state index contributed by atoms with van der Waals surface area (Å²) in [6.07, 6.45) is 0.649. The van der Waals surface area contributed by atoms with Crippen molar-refractivity contribution in [3.05, 3.63) is 52.6 Å². The summed E-state index contributed by atoms with van der Waals surface area (Å²) in [5, 5.41) is 15.8. The van der Waals surface area contributed by atoms with Crippen LogP contribution in [0, 0.1) is 6.92 Å². The van der Waals surface area contributed by atoms with Crippen molar-refractivity contribution in [2.24, 2.45) is 0 Å². The molecule has 0 aliphatic rings. The molecule has 0 amide bonds. The lowest BCUT2D eigenvalue weighted by molar-refractivity contribution is 0.267. The Morgan fingerprint density at radius 3 is 2.68 bits per heavy atom. The van der Waals surface area contributed by atoms with E-state index in [0.29, 0.717) is 18.7 Å². The van der Waals surface area contributed by atoms with E-state index in [1.165, 1.54) is 0 Å². The lowest BCUT2D eigenvalue weighted by Crippen LogP contribution is -2.08. The van der Waals surface area contributed by atoms with Gasteiger partial charge in [0.2, 0.25) is 0 Å². The van der Waals surface area contributed by atoms with Gasteiger partial charge in [0.25, 0.3) is 0 Å². The van der Waals surface area contributed by atoms with Gasteiger partial charge in [0.1, 0.15) is 11.6 Å². The third-order valence-electron chi connectivity index (χ3n) is 3.55. The molecule has 0 bridgehead atoms. The number of ether oxygens (including phenoxy) is 1. The van der Waals surface area contributed by atoms with E-state index in [2.05, 4.69) is 15.1 Å². The van der Waals surface area contributed by atoms with E-state index >= 15 is 0 Å². The number of aromatic nitrogens is 4. The second-order valence-corrected chi connectivity index (χ2v) is 7.54. The molecule has 2 heterocycles. The average Bonchev–Trinajstić information content (AvgIpc) is 3.20. The van der Waals surface area contributed by atoms with Crippen LogP contribution in [0.1, 0.15) is 22.9 Å². The minimum Gasteiger partial charge on any atom is -0.497 e. The minimum absolute atomic E-state index is 0.0410.